The molecule has 1 aromatic heterocycles. The van der Waals surface area contributed by atoms with Crippen LogP contribution in [0, 0.1) is 0 Å². The quantitative estimate of drug-likeness (QED) is 0.681. The molecule has 0 aliphatic carbocycles. The number of pyridine rings is 1. The number of hydrogen-bond donors (Lipinski definition) is 1. The topological polar surface area (TPSA) is 56.0 Å². The van der Waals surface area contributed by atoms with E-state index in [9.17, 15) is 4.79 Å². The Labute approximate surface area is 70.9 Å². The number of nitrogens with two attached hydrogens (primary N) is 1. The summed E-state index contributed by atoms with van der Waals surface area (Å²) in [7, 11) is 0. The SMILES string of the molecule is Nc1ncccc1C=CCC=O. The molecule has 0 saturated carbocycles. The van der Waals surface area contributed by atoms with Gasteiger partial charge in [0.1, 0.15) is 12.1 Å². The lowest BCUT2D eigenvalue weighted by atomic mass is 10.2. The summed E-state index contributed by atoms with van der Waals surface area (Å²) >= 11 is 0. The molecule has 0 atom stereocenters. The molecule has 0 bridgehead atoms. The molecule has 1 heterocycles. The Kier molecular flexibility index (Phi) is 3.02. The zero-order valence-electron chi connectivity index (χ0n) is 6.60. The fraction of sp³-hybridized carbons (Fsp3) is 0.111. The van der Waals surface area contributed by atoms with Crippen molar-refractivity contribution < 1.29 is 4.79 Å². The van der Waals surface area contributed by atoms with Crippen LogP contribution in [0.1, 0.15) is 12.0 Å². The summed E-state index contributed by atoms with van der Waals surface area (Å²) < 4.78 is 0. The Morgan fingerprint density at radius 1 is 1.58 bits per heavy atom. The Morgan fingerprint density at radius 3 is 3.08 bits per heavy atom. The summed E-state index contributed by atoms with van der Waals surface area (Å²) in [5, 5.41) is 0. The lowest BCUT2D eigenvalue weighted by molar-refractivity contribution is -0.107. The highest BCUT2D eigenvalue weighted by Crippen LogP contribution is 2.08. The fourth-order valence-corrected chi connectivity index (χ4v) is 0.821. The first-order chi connectivity index (χ1) is 5.84. The number of aldehydes is 1. The third-order valence-electron chi connectivity index (χ3n) is 1.40. The second-order valence-corrected chi connectivity index (χ2v) is 2.28. The van der Waals surface area contributed by atoms with Gasteiger partial charge in [-0.2, -0.15) is 0 Å². The zero-order chi connectivity index (χ0) is 8.81. The molecule has 0 radical (unpaired) electrons. The monoisotopic (exact) mass is 162 g/mol. The van der Waals surface area contributed by atoms with Gasteiger partial charge in [0.25, 0.3) is 0 Å². The van der Waals surface area contributed by atoms with Crippen molar-refractivity contribution in [1.29, 1.82) is 0 Å². The van der Waals surface area contributed by atoms with Gasteiger partial charge in [0, 0.05) is 18.2 Å². The molecule has 2 N–H and O–H groups in total. The van der Waals surface area contributed by atoms with Crippen LogP contribution in [0.25, 0.3) is 6.08 Å². The number of allylic oxidation sites excluding steroid dienone is 1. The van der Waals surface area contributed by atoms with E-state index < -0.39 is 0 Å². The normalized spacial score (nSPS) is 10.3. The van der Waals surface area contributed by atoms with Gasteiger partial charge in [-0.15, -0.1) is 0 Å². The minimum Gasteiger partial charge on any atom is -0.383 e. The number of anilines is 1. The minimum absolute atomic E-state index is 0.411. The summed E-state index contributed by atoms with van der Waals surface area (Å²) in [4.78, 5) is 13.9. The van der Waals surface area contributed by atoms with Crippen molar-refractivity contribution in [1.82, 2.24) is 4.98 Å². The molecule has 62 valence electrons. The first-order valence-corrected chi connectivity index (χ1v) is 3.65. The van der Waals surface area contributed by atoms with Crippen LogP contribution in [0.4, 0.5) is 5.82 Å². The van der Waals surface area contributed by atoms with Crippen molar-refractivity contribution in [2.75, 3.05) is 5.73 Å². The van der Waals surface area contributed by atoms with Crippen molar-refractivity contribution >= 4 is 18.2 Å². The van der Waals surface area contributed by atoms with Gasteiger partial charge < -0.3 is 10.5 Å². The van der Waals surface area contributed by atoms with Gasteiger partial charge in [0.15, 0.2) is 0 Å². The van der Waals surface area contributed by atoms with Crippen molar-refractivity contribution in [3.05, 3.63) is 30.0 Å². The van der Waals surface area contributed by atoms with Gasteiger partial charge in [-0.05, 0) is 12.1 Å². The van der Waals surface area contributed by atoms with Gasteiger partial charge >= 0.3 is 0 Å². The molecule has 0 saturated heterocycles. The Bertz CT molecular complexity index is 294. The molecule has 3 heteroatoms. The molecule has 1 aromatic rings. The molecule has 0 fully saturated rings. The molecule has 0 aromatic carbocycles. The molecule has 0 unspecified atom stereocenters. The summed E-state index contributed by atoms with van der Waals surface area (Å²) in [6, 6.07) is 3.65. The summed E-state index contributed by atoms with van der Waals surface area (Å²) in [6.07, 6.45) is 6.42. The Morgan fingerprint density at radius 2 is 2.42 bits per heavy atom. The van der Waals surface area contributed by atoms with Crippen molar-refractivity contribution in [2.45, 2.75) is 6.42 Å². The standard InChI is InChI=1S/C9H10N2O/c10-9-8(4-1-2-7-12)5-3-6-11-9/h1,3-7H,2H2,(H2,10,11). The van der Waals surface area contributed by atoms with Gasteiger partial charge in [0.05, 0.1) is 0 Å². The predicted octanol–water partition coefficient (Wildman–Crippen LogP) is 1.27. The lowest BCUT2D eigenvalue weighted by Crippen LogP contribution is -1.91. The van der Waals surface area contributed by atoms with Crippen LogP contribution < -0.4 is 5.73 Å². The molecule has 12 heavy (non-hydrogen) atoms. The zero-order valence-corrected chi connectivity index (χ0v) is 6.60. The number of rotatable bonds is 3. The molecule has 0 amide bonds. The number of hydrogen-bond acceptors (Lipinski definition) is 3. The fourth-order valence-electron chi connectivity index (χ4n) is 0.821. The van der Waals surface area contributed by atoms with Crippen LogP contribution in [0.5, 0.6) is 0 Å². The summed E-state index contributed by atoms with van der Waals surface area (Å²) in [5.41, 5.74) is 6.40. The summed E-state index contributed by atoms with van der Waals surface area (Å²) in [6.45, 7) is 0. The van der Waals surface area contributed by atoms with E-state index in [-0.39, 0.29) is 0 Å². The third kappa shape index (κ3) is 2.20. The largest absolute Gasteiger partial charge is 0.383 e. The maximum atomic E-state index is 9.98. The Balaban J connectivity index is 2.74. The van der Waals surface area contributed by atoms with Crippen molar-refractivity contribution in [3.8, 4) is 0 Å². The second kappa shape index (κ2) is 4.28. The highest BCUT2D eigenvalue weighted by atomic mass is 16.1. The van der Waals surface area contributed by atoms with E-state index in [0.29, 0.717) is 12.2 Å². The van der Waals surface area contributed by atoms with Crippen molar-refractivity contribution in [3.63, 3.8) is 0 Å². The smallest absolute Gasteiger partial charge is 0.130 e. The van der Waals surface area contributed by atoms with Crippen molar-refractivity contribution in [2.24, 2.45) is 0 Å². The van der Waals surface area contributed by atoms with Gasteiger partial charge in [-0.25, -0.2) is 4.98 Å². The highest BCUT2D eigenvalue weighted by molar-refractivity contribution is 5.63. The van der Waals surface area contributed by atoms with Crippen LogP contribution in [-0.2, 0) is 4.79 Å². The van der Waals surface area contributed by atoms with E-state index in [1.54, 1.807) is 24.4 Å². The van der Waals surface area contributed by atoms with E-state index in [1.165, 1.54) is 0 Å². The molecular formula is C9H10N2O. The molecule has 0 spiro atoms. The number of nitrogens with zero attached hydrogens (tertiary/aromatic N) is 1. The predicted molar refractivity (Wildman–Crippen MR) is 48.4 cm³/mol. The van der Waals surface area contributed by atoms with Gasteiger partial charge in [0.2, 0.25) is 0 Å². The van der Waals surface area contributed by atoms with Crippen LogP contribution in [0.15, 0.2) is 24.4 Å². The Hall–Kier alpha value is -1.64. The van der Waals surface area contributed by atoms with E-state index in [4.69, 9.17) is 5.73 Å². The molecule has 0 aliphatic rings. The number of carbonyl (C=O) groups is 1. The average Bonchev–Trinajstić information content (AvgIpc) is 2.09. The van der Waals surface area contributed by atoms with E-state index in [1.807, 2.05) is 6.07 Å². The van der Waals surface area contributed by atoms with E-state index in [0.717, 1.165) is 11.8 Å². The minimum atomic E-state index is 0.411. The van der Waals surface area contributed by atoms with E-state index >= 15 is 0 Å². The van der Waals surface area contributed by atoms with Gasteiger partial charge in [-0.1, -0.05) is 12.2 Å². The molecule has 3 nitrogen and oxygen atoms in total. The van der Waals surface area contributed by atoms with Crippen LogP contribution in [-0.4, -0.2) is 11.3 Å². The maximum absolute atomic E-state index is 9.98. The number of nitrogen functional groups attached to an aromatic ring is 1. The maximum Gasteiger partial charge on any atom is 0.130 e. The highest BCUT2D eigenvalue weighted by Gasteiger charge is 1.91. The lowest BCUT2D eigenvalue weighted by Gasteiger charge is -1.95. The van der Waals surface area contributed by atoms with E-state index in [2.05, 4.69) is 4.98 Å². The third-order valence-corrected chi connectivity index (χ3v) is 1.40. The van der Waals surface area contributed by atoms with Crippen LogP contribution >= 0.6 is 0 Å². The van der Waals surface area contributed by atoms with Crippen LogP contribution in [0.3, 0.4) is 0 Å². The number of aromatic nitrogens is 1. The molecule has 0 aliphatic heterocycles. The molecule has 1 rings (SSSR count). The number of carbonyl (C=O) groups excluding carboxylic acids is 1. The average molecular weight is 162 g/mol. The van der Waals surface area contributed by atoms with Gasteiger partial charge in [-0.3, -0.25) is 0 Å². The second-order valence-electron chi connectivity index (χ2n) is 2.28. The summed E-state index contributed by atoms with van der Waals surface area (Å²) in [5.74, 6) is 0.486. The van der Waals surface area contributed by atoms with Crippen LogP contribution in [0.2, 0.25) is 0 Å². The first-order valence-electron chi connectivity index (χ1n) is 3.65. The first kappa shape index (κ1) is 8.46. The molecular weight excluding hydrogens is 152 g/mol.